The molecule has 2 aliphatic rings. The first-order valence-electron chi connectivity index (χ1n) is 4.85. The second-order valence-corrected chi connectivity index (χ2v) is 3.73. The molecule has 2 atom stereocenters. The summed E-state index contributed by atoms with van der Waals surface area (Å²) in [6, 6.07) is 0. The second kappa shape index (κ2) is 3.15. The normalized spacial score (nSPS) is 35.7. The van der Waals surface area contributed by atoms with Crippen LogP contribution in [0.5, 0.6) is 0 Å². The Morgan fingerprint density at radius 3 is 2.93 bits per heavy atom. The van der Waals surface area contributed by atoms with Crippen LogP contribution in [0.1, 0.15) is 19.8 Å². The van der Waals surface area contributed by atoms with E-state index < -0.39 is 5.60 Å². The molecular weight excluding hydrogens is 180 g/mol. The largest absolute Gasteiger partial charge is 0.490 e. The molecule has 1 aliphatic carbocycles. The van der Waals surface area contributed by atoms with E-state index in [4.69, 9.17) is 9.47 Å². The summed E-state index contributed by atoms with van der Waals surface area (Å²) in [5.41, 5.74) is -0.394. The molecule has 0 unspecified atom stereocenters. The van der Waals surface area contributed by atoms with E-state index in [2.05, 4.69) is 6.08 Å². The van der Waals surface area contributed by atoms with Gasteiger partial charge in [-0.1, -0.05) is 12.2 Å². The summed E-state index contributed by atoms with van der Waals surface area (Å²) in [7, 11) is 1.50. The highest BCUT2D eigenvalue weighted by atomic mass is 16.6. The zero-order chi connectivity index (χ0) is 10.2. The Kier molecular flexibility index (Phi) is 2.10. The first-order valence-corrected chi connectivity index (χ1v) is 4.85. The van der Waals surface area contributed by atoms with Crippen molar-refractivity contribution in [3.05, 3.63) is 24.0 Å². The molecule has 3 nitrogen and oxygen atoms in total. The first-order chi connectivity index (χ1) is 6.72. The monoisotopic (exact) mass is 194 g/mol. The van der Waals surface area contributed by atoms with E-state index in [0.29, 0.717) is 11.7 Å². The first kappa shape index (κ1) is 9.31. The number of rotatable bonds is 2. The van der Waals surface area contributed by atoms with Crippen LogP contribution in [0, 0.1) is 5.92 Å². The quantitative estimate of drug-likeness (QED) is 0.496. The topological polar surface area (TPSA) is 35.5 Å². The van der Waals surface area contributed by atoms with Crippen LogP contribution >= 0.6 is 0 Å². The van der Waals surface area contributed by atoms with Gasteiger partial charge < -0.3 is 9.47 Å². The molecule has 0 bridgehead atoms. The number of hydrogen-bond donors (Lipinski definition) is 0. The number of esters is 1. The molecule has 76 valence electrons. The van der Waals surface area contributed by atoms with Gasteiger partial charge in [0.2, 0.25) is 5.76 Å². The summed E-state index contributed by atoms with van der Waals surface area (Å²) >= 11 is 0. The minimum atomic E-state index is -0.394. The van der Waals surface area contributed by atoms with E-state index in [1.807, 2.05) is 19.1 Å². The van der Waals surface area contributed by atoms with Crippen LogP contribution < -0.4 is 0 Å². The zero-order valence-electron chi connectivity index (χ0n) is 8.45. The maximum absolute atomic E-state index is 11.3. The van der Waals surface area contributed by atoms with Gasteiger partial charge in [-0.2, -0.15) is 0 Å². The number of allylic oxidation sites excluding steroid dienone is 1. The number of hydrogen-bond acceptors (Lipinski definition) is 3. The van der Waals surface area contributed by atoms with Crippen molar-refractivity contribution < 1.29 is 14.3 Å². The van der Waals surface area contributed by atoms with E-state index in [1.54, 1.807) is 0 Å². The summed E-state index contributed by atoms with van der Waals surface area (Å²) in [5, 5.41) is 0. The van der Waals surface area contributed by atoms with Crippen molar-refractivity contribution in [1.29, 1.82) is 0 Å². The fourth-order valence-corrected chi connectivity index (χ4v) is 2.07. The third-order valence-electron chi connectivity index (χ3n) is 2.98. The fraction of sp³-hybridized carbons (Fsp3) is 0.545. The molecule has 3 heteroatoms. The van der Waals surface area contributed by atoms with Crippen molar-refractivity contribution >= 4 is 5.97 Å². The smallest absolute Gasteiger partial charge is 0.374 e. The van der Waals surface area contributed by atoms with Gasteiger partial charge in [0.05, 0.1) is 7.11 Å². The minimum absolute atomic E-state index is 0.323. The Hall–Kier alpha value is -1.25. The summed E-state index contributed by atoms with van der Waals surface area (Å²) in [4.78, 5) is 11.3. The van der Waals surface area contributed by atoms with Crippen LogP contribution in [0.2, 0.25) is 0 Å². The van der Waals surface area contributed by atoms with E-state index in [1.165, 1.54) is 7.11 Å². The van der Waals surface area contributed by atoms with Crippen molar-refractivity contribution in [2.24, 2.45) is 5.92 Å². The number of carbonyl (C=O) groups excluding carboxylic acids is 1. The van der Waals surface area contributed by atoms with Gasteiger partial charge in [0.15, 0.2) is 0 Å². The van der Waals surface area contributed by atoms with Crippen molar-refractivity contribution in [3.8, 4) is 0 Å². The molecule has 1 heterocycles. The highest BCUT2D eigenvalue weighted by molar-refractivity contribution is 5.89. The standard InChI is InChI=1S/C11H14O3/c1-3-4-8-5-6-11(8)7-9(13-2)10(12)14-11/h3-4,7-8H,5-6H2,1-2H3/b4-3+/t8-,11+/m1/s1. The molecular formula is C11H14O3. The van der Waals surface area contributed by atoms with Crippen LogP contribution in [-0.2, 0) is 14.3 Å². The van der Waals surface area contributed by atoms with Crippen molar-refractivity contribution in [2.45, 2.75) is 25.4 Å². The highest BCUT2D eigenvalue weighted by Crippen LogP contribution is 2.47. The van der Waals surface area contributed by atoms with Gasteiger partial charge >= 0.3 is 5.97 Å². The molecule has 0 saturated heterocycles. The molecule has 1 spiro atoms. The minimum Gasteiger partial charge on any atom is -0.490 e. The van der Waals surface area contributed by atoms with Gasteiger partial charge in [-0.3, -0.25) is 0 Å². The predicted molar refractivity (Wildman–Crippen MR) is 51.5 cm³/mol. The molecule has 0 amide bonds. The molecule has 14 heavy (non-hydrogen) atoms. The van der Waals surface area contributed by atoms with Gasteiger partial charge in [0.25, 0.3) is 0 Å². The van der Waals surface area contributed by atoms with E-state index in [9.17, 15) is 4.79 Å². The third-order valence-corrected chi connectivity index (χ3v) is 2.98. The highest BCUT2D eigenvalue weighted by Gasteiger charge is 2.52. The molecule has 1 fully saturated rings. The lowest BCUT2D eigenvalue weighted by atomic mass is 9.69. The Bertz CT molecular complexity index is 316. The molecule has 0 aromatic carbocycles. The van der Waals surface area contributed by atoms with Gasteiger partial charge in [-0.05, 0) is 19.8 Å². The lowest BCUT2D eigenvalue weighted by Crippen LogP contribution is -2.45. The number of methoxy groups -OCH3 is 1. The van der Waals surface area contributed by atoms with Crippen LogP contribution in [-0.4, -0.2) is 18.7 Å². The predicted octanol–water partition coefficient (Wildman–Crippen LogP) is 1.80. The van der Waals surface area contributed by atoms with Crippen LogP contribution in [0.3, 0.4) is 0 Å². The maximum atomic E-state index is 11.3. The molecule has 1 aliphatic heterocycles. The summed E-state index contributed by atoms with van der Waals surface area (Å²) in [6.07, 6.45) is 7.89. The second-order valence-electron chi connectivity index (χ2n) is 3.73. The summed E-state index contributed by atoms with van der Waals surface area (Å²) in [6.45, 7) is 1.98. The molecule has 2 rings (SSSR count). The lowest BCUT2D eigenvalue weighted by Gasteiger charge is -2.42. The average Bonchev–Trinajstić information content (AvgIpc) is 2.53. The van der Waals surface area contributed by atoms with Crippen LogP contribution in [0.4, 0.5) is 0 Å². The van der Waals surface area contributed by atoms with Crippen molar-refractivity contribution in [1.82, 2.24) is 0 Å². The molecule has 1 saturated carbocycles. The van der Waals surface area contributed by atoms with E-state index in [-0.39, 0.29) is 5.97 Å². The third kappa shape index (κ3) is 1.15. The maximum Gasteiger partial charge on any atom is 0.374 e. The SMILES string of the molecule is C/C=C/[C@@H]1CC[C@]12C=C(OC)C(=O)O2. The molecule has 0 aromatic heterocycles. The van der Waals surface area contributed by atoms with Gasteiger partial charge in [0, 0.05) is 12.0 Å². The summed E-state index contributed by atoms with van der Waals surface area (Å²) in [5.74, 6) is 0.338. The van der Waals surface area contributed by atoms with E-state index in [0.717, 1.165) is 12.8 Å². The Morgan fingerprint density at radius 2 is 2.50 bits per heavy atom. The van der Waals surface area contributed by atoms with Crippen molar-refractivity contribution in [3.63, 3.8) is 0 Å². The number of carbonyl (C=O) groups is 1. The average molecular weight is 194 g/mol. The van der Waals surface area contributed by atoms with Gasteiger partial charge in [-0.25, -0.2) is 4.79 Å². The van der Waals surface area contributed by atoms with Crippen LogP contribution in [0.15, 0.2) is 24.0 Å². The van der Waals surface area contributed by atoms with E-state index >= 15 is 0 Å². The Morgan fingerprint density at radius 1 is 1.71 bits per heavy atom. The fourth-order valence-electron chi connectivity index (χ4n) is 2.07. The zero-order valence-corrected chi connectivity index (χ0v) is 8.45. The summed E-state index contributed by atoms with van der Waals surface area (Å²) < 4.78 is 10.3. The van der Waals surface area contributed by atoms with Crippen LogP contribution in [0.25, 0.3) is 0 Å². The van der Waals surface area contributed by atoms with Gasteiger partial charge in [-0.15, -0.1) is 0 Å². The molecule has 0 radical (unpaired) electrons. The lowest BCUT2D eigenvalue weighted by molar-refractivity contribution is -0.159. The number of ether oxygens (including phenoxy) is 2. The van der Waals surface area contributed by atoms with Gasteiger partial charge in [0.1, 0.15) is 5.60 Å². The molecule has 0 N–H and O–H groups in total. The Balaban J connectivity index is 2.20. The Labute approximate surface area is 83.4 Å². The van der Waals surface area contributed by atoms with Crippen molar-refractivity contribution in [2.75, 3.05) is 7.11 Å². The molecule has 0 aromatic rings.